The first-order chi connectivity index (χ1) is 10.1. The molecule has 3 nitrogen and oxygen atoms in total. The highest BCUT2D eigenvalue weighted by Gasteiger charge is 2.12. The lowest BCUT2D eigenvalue weighted by Crippen LogP contribution is -2.22. The molecule has 0 unspecified atom stereocenters. The van der Waals surface area contributed by atoms with Gasteiger partial charge in [0.25, 0.3) is 5.91 Å². The summed E-state index contributed by atoms with van der Waals surface area (Å²) in [7, 11) is 0. The van der Waals surface area contributed by atoms with Crippen LogP contribution in [-0.4, -0.2) is 10.9 Å². The van der Waals surface area contributed by atoms with Gasteiger partial charge in [-0.2, -0.15) is 0 Å². The second-order valence-electron chi connectivity index (χ2n) is 4.70. The Hall–Kier alpha value is -2.69. The van der Waals surface area contributed by atoms with E-state index >= 15 is 0 Å². The molecule has 1 aromatic heterocycles. The zero-order valence-electron chi connectivity index (χ0n) is 11.0. The Labute approximate surface area is 119 Å². The Morgan fingerprint density at radius 3 is 2.52 bits per heavy atom. The second-order valence-corrected chi connectivity index (χ2v) is 4.70. The molecule has 0 radical (unpaired) electrons. The fourth-order valence-corrected chi connectivity index (χ4v) is 2.16. The van der Waals surface area contributed by atoms with Crippen LogP contribution in [0, 0.1) is 11.6 Å². The van der Waals surface area contributed by atoms with E-state index in [2.05, 4.69) is 10.3 Å². The Kier molecular flexibility index (Phi) is 3.39. The molecule has 5 heteroatoms. The number of benzene rings is 2. The van der Waals surface area contributed by atoms with Gasteiger partial charge in [-0.15, -0.1) is 0 Å². The summed E-state index contributed by atoms with van der Waals surface area (Å²) < 4.78 is 26.1. The average molecular weight is 286 g/mol. The van der Waals surface area contributed by atoms with Gasteiger partial charge in [0, 0.05) is 23.6 Å². The first-order valence-electron chi connectivity index (χ1n) is 6.43. The number of fused-ring (bicyclic) bond motifs is 1. The van der Waals surface area contributed by atoms with E-state index in [0.29, 0.717) is 16.5 Å². The van der Waals surface area contributed by atoms with Crippen molar-refractivity contribution in [2.45, 2.75) is 6.54 Å². The van der Waals surface area contributed by atoms with Crippen LogP contribution in [0.1, 0.15) is 15.9 Å². The van der Waals surface area contributed by atoms with Crippen molar-refractivity contribution in [1.29, 1.82) is 0 Å². The van der Waals surface area contributed by atoms with Crippen LogP contribution >= 0.6 is 0 Å². The maximum Gasteiger partial charge on any atom is 0.253 e. The van der Waals surface area contributed by atoms with Gasteiger partial charge in [-0.1, -0.05) is 12.1 Å². The van der Waals surface area contributed by atoms with Crippen molar-refractivity contribution in [3.63, 3.8) is 0 Å². The molecule has 0 fully saturated rings. The van der Waals surface area contributed by atoms with E-state index in [4.69, 9.17) is 0 Å². The molecule has 0 saturated carbocycles. The number of aromatic amines is 1. The third kappa shape index (κ3) is 2.76. The third-order valence-corrected chi connectivity index (χ3v) is 3.25. The van der Waals surface area contributed by atoms with E-state index in [1.54, 1.807) is 24.4 Å². The Balaban J connectivity index is 1.78. The first kappa shape index (κ1) is 13.3. The molecule has 0 atom stereocenters. The van der Waals surface area contributed by atoms with Crippen LogP contribution in [0.3, 0.4) is 0 Å². The molecule has 0 aliphatic heterocycles. The van der Waals surface area contributed by atoms with E-state index in [1.807, 2.05) is 0 Å². The summed E-state index contributed by atoms with van der Waals surface area (Å²) in [6.07, 6.45) is 1.55. The summed E-state index contributed by atoms with van der Waals surface area (Å²) in [5.74, 6) is -1.02. The fourth-order valence-electron chi connectivity index (χ4n) is 2.16. The molecule has 2 aromatic carbocycles. The number of nitrogens with one attached hydrogen (secondary N) is 2. The molecule has 3 rings (SSSR count). The zero-order valence-corrected chi connectivity index (χ0v) is 11.0. The molecule has 0 bridgehead atoms. The summed E-state index contributed by atoms with van der Waals surface area (Å²) in [6.45, 7) is 0.279. The number of halogens is 2. The van der Waals surface area contributed by atoms with Crippen molar-refractivity contribution in [2.75, 3.05) is 0 Å². The van der Waals surface area contributed by atoms with Gasteiger partial charge in [-0.3, -0.25) is 4.79 Å². The highest BCUT2D eigenvalue weighted by Crippen LogP contribution is 2.19. The monoisotopic (exact) mass is 286 g/mol. The molecular weight excluding hydrogens is 274 g/mol. The first-order valence-corrected chi connectivity index (χ1v) is 6.43. The highest BCUT2D eigenvalue weighted by atomic mass is 19.1. The van der Waals surface area contributed by atoms with Gasteiger partial charge in [0.2, 0.25) is 0 Å². The number of rotatable bonds is 3. The van der Waals surface area contributed by atoms with Crippen LogP contribution < -0.4 is 5.32 Å². The summed E-state index contributed by atoms with van der Waals surface area (Å²) >= 11 is 0. The van der Waals surface area contributed by atoms with Gasteiger partial charge >= 0.3 is 0 Å². The minimum absolute atomic E-state index is 0.279. The molecule has 0 spiro atoms. The van der Waals surface area contributed by atoms with Crippen molar-refractivity contribution in [3.8, 4) is 0 Å². The Morgan fingerprint density at radius 2 is 1.76 bits per heavy atom. The van der Waals surface area contributed by atoms with E-state index in [9.17, 15) is 13.6 Å². The number of carbonyl (C=O) groups is 1. The van der Waals surface area contributed by atoms with E-state index in [-0.39, 0.29) is 18.3 Å². The van der Waals surface area contributed by atoms with Crippen LogP contribution in [0.15, 0.2) is 48.7 Å². The van der Waals surface area contributed by atoms with E-state index < -0.39 is 5.82 Å². The van der Waals surface area contributed by atoms with Crippen molar-refractivity contribution < 1.29 is 13.6 Å². The quantitative estimate of drug-likeness (QED) is 0.761. The Morgan fingerprint density at radius 1 is 1.05 bits per heavy atom. The van der Waals surface area contributed by atoms with Crippen LogP contribution in [0.2, 0.25) is 0 Å². The summed E-state index contributed by atoms with van der Waals surface area (Å²) in [4.78, 5) is 15.1. The second kappa shape index (κ2) is 5.36. The highest BCUT2D eigenvalue weighted by molar-refractivity contribution is 6.06. The normalized spacial score (nSPS) is 10.8. The molecule has 0 saturated heterocycles. The molecule has 1 heterocycles. The predicted molar refractivity (Wildman–Crippen MR) is 75.8 cm³/mol. The van der Waals surface area contributed by atoms with Crippen LogP contribution in [-0.2, 0) is 6.54 Å². The molecule has 1 amide bonds. The minimum atomic E-state index is -0.394. The molecule has 21 heavy (non-hydrogen) atoms. The number of hydrogen-bond donors (Lipinski definition) is 2. The Bertz CT molecular complexity index is 794. The average Bonchev–Trinajstić information content (AvgIpc) is 2.89. The molecule has 3 aromatic rings. The van der Waals surface area contributed by atoms with Crippen LogP contribution in [0.5, 0.6) is 0 Å². The van der Waals surface area contributed by atoms with Crippen molar-refractivity contribution in [1.82, 2.24) is 10.3 Å². The van der Waals surface area contributed by atoms with Crippen LogP contribution in [0.4, 0.5) is 8.78 Å². The van der Waals surface area contributed by atoms with Gasteiger partial charge in [0.1, 0.15) is 11.6 Å². The number of amides is 1. The molecule has 106 valence electrons. The summed E-state index contributed by atoms with van der Waals surface area (Å²) in [5, 5.41) is 3.26. The van der Waals surface area contributed by atoms with Gasteiger partial charge < -0.3 is 10.3 Å². The van der Waals surface area contributed by atoms with Crippen molar-refractivity contribution >= 4 is 16.8 Å². The summed E-state index contributed by atoms with van der Waals surface area (Å²) in [5.41, 5.74) is 1.87. The molecule has 2 N–H and O–H groups in total. The van der Waals surface area contributed by atoms with Gasteiger partial charge in [-0.25, -0.2) is 8.78 Å². The van der Waals surface area contributed by atoms with Crippen LogP contribution in [0.25, 0.3) is 10.9 Å². The molecule has 0 aliphatic carbocycles. The molecular formula is C16H12F2N2O. The van der Waals surface area contributed by atoms with E-state index in [0.717, 1.165) is 5.56 Å². The smallest absolute Gasteiger partial charge is 0.253 e. The lowest BCUT2D eigenvalue weighted by Gasteiger charge is -2.04. The predicted octanol–water partition coefficient (Wildman–Crippen LogP) is 3.38. The lowest BCUT2D eigenvalue weighted by molar-refractivity contribution is 0.0952. The lowest BCUT2D eigenvalue weighted by atomic mass is 10.1. The topological polar surface area (TPSA) is 44.9 Å². The fraction of sp³-hybridized carbons (Fsp3) is 0.0625. The van der Waals surface area contributed by atoms with Gasteiger partial charge in [0.05, 0.1) is 5.56 Å². The number of H-pyrrole nitrogens is 1. The van der Waals surface area contributed by atoms with E-state index in [1.165, 1.54) is 24.3 Å². The van der Waals surface area contributed by atoms with Gasteiger partial charge in [0.15, 0.2) is 0 Å². The minimum Gasteiger partial charge on any atom is -0.360 e. The number of aromatic nitrogens is 1. The largest absolute Gasteiger partial charge is 0.360 e. The van der Waals surface area contributed by atoms with Crippen molar-refractivity contribution in [3.05, 3.63) is 71.4 Å². The third-order valence-electron chi connectivity index (χ3n) is 3.25. The standard InChI is InChI=1S/C16H12F2N2O/c17-11-3-1-10(2-4-11)8-20-16(21)14-9-19-15-6-5-12(18)7-13(14)15/h1-7,9,19H,8H2,(H,20,21). The SMILES string of the molecule is O=C(NCc1ccc(F)cc1)c1c[nH]c2ccc(F)cc12. The summed E-state index contributed by atoms with van der Waals surface area (Å²) in [6, 6.07) is 10.1. The maximum atomic E-state index is 13.3. The van der Waals surface area contributed by atoms with Crippen molar-refractivity contribution in [2.24, 2.45) is 0 Å². The number of hydrogen-bond acceptors (Lipinski definition) is 1. The molecule has 0 aliphatic rings. The zero-order chi connectivity index (χ0) is 14.8. The number of carbonyl (C=O) groups excluding carboxylic acids is 1. The van der Waals surface area contributed by atoms with Gasteiger partial charge in [-0.05, 0) is 35.9 Å². The maximum absolute atomic E-state index is 13.3.